The Hall–Kier alpha value is -0.0400. The second-order valence-corrected chi connectivity index (χ2v) is 1.78. The summed E-state index contributed by atoms with van der Waals surface area (Å²) in [5, 5.41) is 0. The molecule has 0 amide bonds. The van der Waals surface area contributed by atoms with Crippen LogP contribution in [0.2, 0.25) is 2.82 Å². The lowest BCUT2D eigenvalue weighted by Crippen LogP contribution is -1.97. The molecule has 1 nitrogen and oxygen atoms in total. The van der Waals surface area contributed by atoms with Gasteiger partial charge in [-0.3, -0.25) is 0 Å². The molecule has 0 spiro atoms. The van der Waals surface area contributed by atoms with Gasteiger partial charge in [-0.2, -0.15) is 0 Å². The summed E-state index contributed by atoms with van der Waals surface area (Å²) in [6.07, 6.45) is 4.59. The van der Waals surface area contributed by atoms with Gasteiger partial charge in [-0.15, -0.1) is 0 Å². The Morgan fingerprint density at radius 3 is 2.86 bits per heavy atom. The second kappa shape index (κ2) is 5.96. The van der Waals surface area contributed by atoms with E-state index in [0.717, 1.165) is 18.6 Å². The summed E-state index contributed by atoms with van der Waals surface area (Å²) in [6.45, 7) is 2.74. The van der Waals surface area contributed by atoms with Gasteiger partial charge in [0.1, 0.15) is 2.82 Å². The standard InChI is InChI=1S/C6H15N/c1-2-3-4-5-6-7/h2-7H2,1H3/i/hD2. The van der Waals surface area contributed by atoms with Gasteiger partial charge in [0.15, 0.2) is 0 Å². The summed E-state index contributed by atoms with van der Waals surface area (Å²) in [6, 6.07) is 0. The molecule has 0 unspecified atom stereocenters. The van der Waals surface area contributed by atoms with Gasteiger partial charge in [-0.25, -0.2) is 0 Å². The molecule has 1 heteroatoms. The zero-order valence-corrected chi connectivity index (χ0v) is 4.98. The first-order valence-corrected chi connectivity index (χ1v) is 3.02. The molecule has 0 radical (unpaired) electrons. The first-order valence-electron chi connectivity index (χ1n) is 3.92. The van der Waals surface area contributed by atoms with E-state index in [1.807, 2.05) is 0 Å². The van der Waals surface area contributed by atoms with E-state index in [1.165, 1.54) is 12.8 Å². The van der Waals surface area contributed by atoms with Gasteiger partial charge in [-0.1, -0.05) is 26.2 Å². The summed E-state index contributed by atoms with van der Waals surface area (Å²) in [5.74, 6) is 0. The highest BCUT2D eigenvalue weighted by atomic mass is 14.5. The van der Waals surface area contributed by atoms with Crippen LogP contribution in [0, 0.1) is 0 Å². The van der Waals surface area contributed by atoms with Crippen molar-refractivity contribution < 1.29 is 2.82 Å². The maximum Gasteiger partial charge on any atom is 0.118 e. The Morgan fingerprint density at radius 2 is 2.29 bits per heavy atom. The van der Waals surface area contributed by atoms with Crippen LogP contribution < -0.4 is 5.72 Å². The van der Waals surface area contributed by atoms with E-state index >= 15 is 0 Å². The van der Waals surface area contributed by atoms with Gasteiger partial charge < -0.3 is 5.72 Å². The minimum Gasteiger partial charge on any atom is -0.330 e. The third-order valence-electron chi connectivity index (χ3n) is 1.01. The number of unbranched alkanes of at least 4 members (excludes halogenated alkanes) is 3. The van der Waals surface area contributed by atoms with Gasteiger partial charge in [0.25, 0.3) is 0 Å². The zero-order chi connectivity index (χ0) is 7.11. The van der Waals surface area contributed by atoms with E-state index in [1.54, 1.807) is 0 Å². The van der Waals surface area contributed by atoms with Crippen LogP contribution in [0.5, 0.6) is 0 Å². The fourth-order valence-electron chi connectivity index (χ4n) is 0.539. The van der Waals surface area contributed by atoms with E-state index in [-0.39, 0.29) is 0 Å². The van der Waals surface area contributed by atoms with Crippen molar-refractivity contribution in [2.75, 3.05) is 6.54 Å². The smallest absolute Gasteiger partial charge is 0.118 e. The molecule has 0 aromatic heterocycles. The third-order valence-corrected chi connectivity index (χ3v) is 1.01. The maximum absolute atomic E-state index is 6.71. The molecule has 0 aliphatic heterocycles. The highest BCUT2D eigenvalue weighted by Gasteiger charge is 1.80. The van der Waals surface area contributed by atoms with E-state index < -0.39 is 0 Å². The quantitative estimate of drug-likeness (QED) is 0.525. The lowest BCUT2D eigenvalue weighted by atomic mass is 10.2. The molecule has 0 aromatic carbocycles. The van der Waals surface area contributed by atoms with E-state index in [9.17, 15) is 0 Å². The summed E-state index contributed by atoms with van der Waals surface area (Å²) in [5.41, 5.74) is 0.746. The third kappa shape index (κ3) is 5.96. The molecule has 2 N–H and O–H groups in total. The molecule has 0 atom stereocenters. The number of hydrogen-bond donors (Lipinski definition) is 1. The van der Waals surface area contributed by atoms with Gasteiger partial charge in [0.05, 0.1) is 0 Å². The van der Waals surface area contributed by atoms with Crippen molar-refractivity contribution >= 4 is 0 Å². The van der Waals surface area contributed by atoms with Crippen LogP contribution in [-0.2, 0) is 0 Å². The second-order valence-electron chi connectivity index (χ2n) is 1.78. The van der Waals surface area contributed by atoms with Gasteiger partial charge >= 0.3 is 0 Å². The minimum absolute atomic E-state index is 0.583. The lowest BCUT2D eigenvalue weighted by molar-refractivity contribution is 0.674. The van der Waals surface area contributed by atoms with E-state index in [2.05, 4.69) is 6.92 Å². The van der Waals surface area contributed by atoms with Crippen LogP contribution in [0.15, 0.2) is 0 Å². The van der Waals surface area contributed by atoms with Crippen LogP contribution in [0.25, 0.3) is 0 Å². The minimum atomic E-state index is 0.583. The molecule has 0 aliphatic carbocycles. The van der Waals surface area contributed by atoms with Crippen LogP contribution in [0.1, 0.15) is 32.6 Å². The van der Waals surface area contributed by atoms with Crippen LogP contribution >= 0.6 is 0 Å². The molecule has 0 aromatic rings. The Labute approximate surface area is 48.8 Å². The maximum atomic E-state index is 6.71. The molecule has 7 heavy (non-hydrogen) atoms. The number of nitrogens with two attached hydrogens (primary N) is 1. The average molecular weight is 103 g/mol. The first-order chi connectivity index (χ1) is 4.27. The van der Waals surface area contributed by atoms with Gasteiger partial charge in [0, 0.05) is 0 Å². The molecule has 0 aliphatic rings. The highest BCUT2D eigenvalue weighted by molar-refractivity contribution is 4.38. The SMILES string of the molecule is [2H]N([2H])CCCCCC. The molecule has 0 saturated heterocycles. The van der Waals surface area contributed by atoms with Crippen LogP contribution in [0.4, 0.5) is 0 Å². The highest BCUT2D eigenvalue weighted by Crippen LogP contribution is 1.95. The molecule has 0 rings (SSSR count). The number of rotatable bonds is 5. The molecule has 0 bridgehead atoms. The molecule has 0 saturated carbocycles. The predicted molar refractivity (Wildman–Crippen MR) is 33.2 cm³/mol. The van der Waals surface area contributed by atoms with E-state index in [4.69, 9.17) is 2.82 Å². The average Bonchev–Trinajstić information content (AvgIpc) is 1.80. The molecule has 44 valence electrons. The summed E-state index contributed by atoms with van der Waals surface area (Å²) >= 11 is 0. The fourth-order valence-corrected chi connectivity index (χ4v) is 0.539. The lowest BCUT2D eigenvalue weighted by Gasteiger charge is -1.90. The summed E-state index contributed by atoms with van der Waals surface area (Å²) in [4.78, 5) is 0. The van der Waals surface area contributed by atoms with E-state index in [0.29, 0.717) is 6.54 Å². The van der Waals surface area contributed by atoms with Crippen molar-refractivity contribution in [2.45, 2.75) is 32.6 Å². The first kappa shape index (κ1) is 3.90. The van der Waals surface area contributed by atoms with Crippen molar-refractivity contribution in [1.82, 2.24) is 0 Å². The van der Waals surface area contributed by atoms with Crippen molar-refractivity contribution in [2.24, 2.45) is 5.72 Å². The van der Waals surface area contributed by atoms with Gasteiger partial charge in [-0.05, 0) is 13.0 Å². The number of hydrogen-bond acceptors (Lipinski definition) is 1. The Kier molecular flexibility index (Phi) is 3.32. The largest absolute Gasteiger partial charge is 0.330 e. The molecule has 0 fully saturated rings. The Balaban J connectivity index is 2.75. The Bertz CT molecular complexity index is 57.0. The molecular formula is C6H15N. The monoisotopic (exact) mass is 103 g/mol. The van der Waals surface area contributed by atoms with Crippen molar-refractivity contribution in [3.63, 3.8) is 0 Å². The van der Waals surface area contributed by atoms with Crippen molar-refractivity contribution in [3.8, 4) is 0 Å². The summed E-state index contributed by atoms with van der Waals surface area (Å²) in [7, 11) is 0. The molecular weight excluding hydrogens is 86.1 g/mol. The van der Waals surface area contributed by atoms with Crippen molar-refractivity contribution in [3.05, 3.63) is 0 Å². The Morgan fingerprint density at radius 1 is 1.43 bits per heavy atom. The topological polar surface area (TPSA) is 26.0 Å². The van der Waals surface area contributed by atoms with Crippen LogP contribution in [-0.4, -0.2) is 6.54 Å². The molecule has 0 heterocycles. The van der Waals surface area contributed by atoms with Crippen LogP contribution in [0.3, 0.4) is 0 Å². The summed E-state index contributed by atoms with van der Waals surface area (Å²) < 4.78 is 13.4. The zero-order valence-electron chi connectivity index (χ0n) is 6.98. The van der Waals surface area contributed by atoms with Gasteiger partial charge in [0.2, 0.25) is 0 Å². The normalized spacial score (nSPS) is 14.0. The predicted octanol–water partition coefficient (Wildman–Crippen LogP) is 1.53. The fraction of sp³-hybridized carbons (Fsp3) is 1.00. The van der Waals surface area contributed by atoms with Crippen molar-refractivity contribution in [1.29, 1.82) is 0 Å².